The number of aliphatic hydroxyl groups is 1. The smallest absolute Gasteiger partial charge is 0.0718 e. The summed E-state index contributed by atoms with van der Waals surface area (Å²) < 4.78 is 0. The van der Waals surface area contributed by atoms with Gasteiger partial charge in [-0.2, -0.15) is 0 Å². The van der Waals surface area contributed by atoms with Gasteiger partial charge in [-0.15, -0.1) is 12.4 Å². The normalized spacial score (nSPS) is 48.8. The summed E-state index contributed by atoms with van der Waals surface area (Å²) in [6.45, 7) is 0.464. The van der Waals surface area contributed by atoms with Crippen LogP contribution in [0.4, 0.5) is 0 Å². The molecule has 4 aliphatic carbocycles. The Balaban J connectivity index is 0.000000853. The van der Waals surface area contributed by atoms with Gasteiger partial charge < -0.3 is 10.8 Å². The fourth-order valence-corrected chi connectivity index (χ4v) is 4.84. The molecule has 0 heterocycles. The van der Waals surface area contributed by atoms with E-state index in [4.69, 9.17) is 5.73 Å². The minimum atomic E-state index is -0.226. The summed E-state index contributed by atoms with van der Waals surface area (Å²) in [5.41, 5.74) is 5.88. The van der Waals surface area contributed by atoms with Crippen LogP contribution in [-0.2, 0) is 0 Å². The molecule has 0 aromatic carbocycles. The van der Waals surface area contributed by atoms with Gasteiger partial charge in [-0.1, -0.05) is 0 Å². The second-order valence-corrected chi connectivity index (χ2v) is 6.03. The molecule has 0 radical (unpaired) electrons. The van der Waals surface area contributed by atoms with Crippen molar-refractivity contribution in [1.82, 2.24) is 0 Å². The number of nitrogens with two attached hydrogens (primary N) is 1. The van der Waals surface area contributed by atoms with Crippen LogP contribution in [0.1, 0.15) is 38.5 Å². The van der Waals surface area contributed by atoms with Crippen LogP contribution in [0.5, 0.6) is 0 Å². The molecule has 0 amide bonds. The molecule has 3 N–H and O–H groups in total. The van der Waals surface area contributed by atoms with Gasteiger partial charge in [0, 0.05) is 6.54 Å². The average Bonchev–Trinajstić information content (AvgIpc) is 2.14. The Morgan fingerprint density at radius 2 is 1.47 bits per heavy atom. The second kappa shape index (κ2) is 3.90. The standard InChI is InChI=1S/C12H21NO.ClH/c13-7-11(14)12-4-8-1-9(5-12)3-10(2-8)6-12;/h8-11,14H,1-7,13H2;1H. The largest absolute Gasteiger partial charge is 0.391 e. The van der Waals surface area contributed by atoms with E-state index in [1.165, 1.54) is 38.5 Å². The second-order valence-electron chi connectivity index (χ2n) is 6.03. The summed E-state index contributed by atoms with van der Waals surface area (Å²) in [6.07, 6.45) is 7.88. The minimum Gasteiger partial charge on any atom is -0.391 e. The van der Waals surface area contributed by atoms with E-state index in [0.717, 1.165) is 17.8 Å². The molecular weight excluding hydrogens is 210 g/mol. The highest BCUT2D eigenvalue weighted by atomic mass is 35.5. The molecule has 4 bridgehead atoms. The fourth-order valence-electron chi connectivity index (χ4n) is 4.84. The molecule has 2 nitrogen and oxygen atoms in total. The number of rotatable bonds is 2. The molecule has 1 unspecified atom stereocenters. The zero-order valence-electron chi connectivity index (χ0n) is 9.19. The molecule has 0 aromatic rings. The summed E-state index contributed by atoms with van der Waals surface area (Å²) in [4.78, 5) is 0. The van der Waals surface area contributed by atoms with E-state index in [9.17, 15) is 5.11 Å². The maximum absolute atomic E-state index is 10.1. The zero-order chi connectivity index (χ0) is 9.76. The van der Waals surface area contributed by atoms with Crippen LogP contribution in [-0.4, -0.2) is 17.8 Å². The molecule has 4 rings (SSSR count). The van der Waals surface area contributed by atoms with Gasteiger partial charge >= 0.3 is 0 Å². The molecule has 0 spiro atoms. The Bertz CT molecular complexity index is 208. The summed E-state index contributed by atoms with van der Waals surface area (Å²) in [5.74, 6) is 2.76. The molecule has 3 heteroatoms. The van der Waals surface area contributed by atoms with Crippen molar-refractivity contribution in [3.8, 4) is 0 Å². The Morgan fingerprint density at radius 1 is 1.07 bits per heavy atom. The summed E-state index contributed by atoms with van der Waals surface area (Å²) >= 11 is 0. The molecule has 1 atom stereocenters. The van der Waals surface area contributed by atoms with Gasteiger partial charge in [-0.05, 0) is 61.7 Å². The first kappa shape index (κ1) is 11.7. The van der Waals surface area contributed by atoms with Crippen LogP contribution in [0.25, 0.3) is 0 Å². The summed E-state index contributed by atoms with van der Waals surface area (Å²) in [5, 5.41) is 10.1. The maximum Gasteiger partial charge on any atom is 0.0718 e. The maximum atomic E-state index is 10.1. The number of halogens is 1. The van der Waals surface area contributed by atoms with Gasteiger partial charge in [-0.3, -0.25) is 0 Å². The van der Waals surface area contributed by atoms with E-state index < -0.39 is 0 Å². The molecule has 0 saturated heterocycles. The molecule has 4 fully saturated rings. The zero-order valence-corrected chi connectivity index (χ0v) is 10.0. The van der Waals surface area contributed by atoms with E-state index in [0.29, 0.717) is 6.54 Å². The summed E-state index contributed by atoms with van der Waals surface area (Å²) in [6, 6.07) is 0. The highest BCUT2D eigenvalue weighted by Gasteiger charge is 2.53. The third kappa shape index (κ3) is 1.71. The van der Waals surface area contributed by atoms with Gasteiger partial charge in [0.25, 0.3) is 0 Å². The van der Waals surface area contributed by atoms with Gasteiger partial charge in [0.2, 0.25) is 0 Å². The highest BCUT2D eigenvalue weighted by Crippen LogP contribution is 2.61. The number of aliphatic hydroxyl groups excluding tert-OH is 1. The van der Waals surface area contributed by atoms with E-state index in [2.05, 4.69) is 0 Å². The van der Waals surface area contributed by atoms with Gasteiger partial charge in [-0.25, -0.2) is 0 Å². The number of hydrogen-bond donors (Lipinski definition) is 2. The minimum absolute atomic E-state index is 0. The van der Waals surface area contributed by atoms with E-state index in [1.807, 2.05) is 0 Å². The lowest BCUT2D eigenvalue weighted by atomic mass is 9.48. The molecular formula is C12H22ClNO. The summed E-state index contributed by atoms with van der Waals surface area (Å²) in [7, 11) is 0. The predicted molar refractivity (Wildman–Crippen MR) is 62.9 cm³/mol. The van der Waals surface area contributed by atoms with Crippen molar-refractivity contribution in [3.05, 3.63) is 0 Å². The fraction of sp³-hybridized carbons (Fsp3) is 1.00. The van der Waals surface area contributed by atoms with Crippen LogP contribution in [0.15, 0.2) is 0 Å². The topological polar surface area (TPSA) is 46.2 Å². The molecule has 0 aromatic heterocycles. The van der Waals surface area contributed by atoms with Crippen LogP contribution in [0.2, 0.25) is 0 Å². The van der Waals surface area contributed by atoms with E-state index in [-0.39, 0.29) is 23.9 Å². The van der Waals surface area contributed by atoms with Crippen molar-refractivity contribution in [2.45, 2.75) is 44.6 Å². The van der Waals surface area contributed by atoms with Crippen LogP contribution in [0, 0.1) is 23.2 Å². The molecule has 0 aliphatic heterocycles. The van der Waals surface area contributed by atoms with Crippen molar-refractivity contribution in [1.29, 1.82) is 0 Å². The lowest BCUT2D eigenvalue weighted by Crippen LogP contribution is -2.53. The third-order valence-corrected chi connectivity index (χ3v) is 5.02. The molecule has 88 valence electrons. The number of hydrogen-bond acceptors (Lipinski definition) is 2. The molecule has 15 heavy (non-hydrogen) atoms. The Kier molecular flexibility index (Phi) is 3.04. The van der Waals surface area contributed by atoms with Gasteiger partial charge in [0.05, 0.1) is 6.10 Å². The highest BCUT2D eigenvalue weighted by molar-refractivity contribution is 5.85. The average molecular weight is 232 g/mol. The lowest BCUT2D eigenvalue weighted by Gasteiger charge is -2.58. The quantitative estimate of drug-likeness (QED) is 0.763. The molecule has 4 saturated carbocycles. The van der Waals surface area contributed by atoms with Crippen molar-refractivity contribution in [3.63, 3.8) is 0 Å². The van der Waals surface area contributed by atoms with Crippen LogP contribution < -0.4 is 5.73 Å². The first-order valence-electron chi connectivity index (χ1n) is 6.10. The van der Waals surface area contributed by atoms with Crippen LogP contribution in [0.3, 0.4) is 0 Å². The predicted octanol–water partition coefficient (Wildman–Crippen LogP) is 1.94. The van der Waals surface area contributed by atoms with Gasteiger partial charge in [0.15, 0.2) is 0 Å². The van der Waals surface area contributed by atoms with Gasteiger partial charge in [0.1, 0.15) is 0 Å². The first-order chi connectivity index (χ1) is 6.72. The van der Waals surface area contributed by atoms with Crippen molar-refractivity contribution < 1.29 is 5.11 Å². The van der Waals surface area contributed by atoms with Crippen molar-refractivity contribution in [2.24, 2.45) is 28.9 Å². The van der Waals surface area contributed by atoms with Crippen molar-refractivity contribution >= 4 is 12.4 Å². The van der Waals surface area contributed by atoms with E-state index in [1.54, 1.807) is 0 Å². The Labute approximate surface area is 98.0 Å². The lowest BCUT2D eigenvalue weighted by molar-refractivity contribution is -0.116. The van der Waals surface area contributed by atoms with Crippen LogP contribution >= 0.6 is 12.4 Å². The van der Waals surface area contributed by atoms with E-state index >= 15 is 0 Å². The third-order valence-electron chi connectivity index (χ3n) is 5.02. The Hall–Kier alpha value is 0.210. The first-order valence-corrected chi connectivity index (χ1v) is 6.10. The SMILES string of the molecule is Cl.NCC(O)C12CC3CC(CC(C3)C1)C2. The molecule has 4 aliphatic rings. The Morgan fingerprint density at radius 3 is 1.80 bits per heavy atom. The van der Waals surface area contributed by atoms with Crippen molar-refractivity contribution in [2.75, 3.05) is 6.54 Å². The monoisotopic (exact) mass is 231 g/mol.